The SMILES string of the molecule is Cc1cccc2[nH]c(-c3ccoc3Br)nc12. The minimum atomic E-state index is 0.698. The molecule has 0 bridgehead atoms. The fourth-order valence-electron chi connectivity index (χ4n) is 1.77. The van der Waals surface area contributed by atoms with E-state index in [4.69, 9.17) is 4.42 Å². The zero-order chi connectivity index (χ0) is 11.1. The van der Waals surface area contributed by atoms with E-state index in [0.29, 0.717) is 4.67 Å². The summed E-state index contributed by atoms with van der Waals surface area (Å²) in [7, 11) is 0. The van der Waals surface area contributed by atoms with Crippen LogP contribution in [0.2, 0.25) is 0 Å². The van der Waals surface area contributed by atoms with Gasteiger partial charge in [-0.3, -0.25) is 0 Å². The molecule has 0 atom stereocenters. The van der Waals surface area contributed by atoms with Crippen LogP contribution in [0.25, 0.3) is 22.4 Å². The minimum Gasteiger partial charge on any atom is -0.457 e. The molecule has 4 heteroatoms. The fourth-order valence-corrected chi connectivity index (χ4v) is 2.19. The highest BCUT2D eigenvalue weighted by molar-refractivity contribution is 9.10. The lowest BCUT2D eigenvalue weighted by Gasteiger charge is -1.90. The highest BCUT2D eigenvalue weighted by Gasteiger charge is 2.11. The number of para-hydroxylation sites is 1. The largest absolute Gasteiger partial charge is 0.457 e. The van der Waals surface area contributed by atoms with Gasteiger partial charge in [-0.2, -0.15) is 0 Å². The fraction of sp³-hybridized carbons (Fsp3) is 0.0833. The van der Waals surface area contributed by atoms with Gasteiger partial charge in [0.1, 0.15) is 5.82 Å². The highest BCUT2D eigenvalue weighted by atomic mass is 79.9. The number of benzene rings is 1. The van der Waals surface area contributed by atoms with Crippen molar-refractivity contribution >= 4 is 27.0 Å². The van der Waals surface area contributed by atoms with Gasteiger partial charge in [0, 0.05) is 0 Å². The van der Waals surface area contributed by atoms with E-state index in [1.165, 1.54) is 5.56 Å². The van der Waals surface area contributed by atoms with E-state index >= 15 is 0 Å². The van der Waals surface area contributed by atoms with Crippen molar-refractivity contribution in [1.82, 2.24) is 9.97 Å². The summed E-state index contributed by atoms with van der Waals surface area (Å²) in [6.45, 7) is 2.05. The van der Waals surface area contributed by atoms with Gasteiger partial charge in [-0.05, 0) is 40.5 Å². The molecule has 0 amide bonds. The predicted molar refractivity (Wildman–Crippen MR) is 66.2 cm³/mol. The molecule has 3 rings (SSSR count). The zero-order valence-electron chi connectivity index (χ0n) is 8.62. The number of rotatable bonds is 1. The van der Waals surface area contributed by atoms with Crippen molar-refractivity contribution in [3.8, 4) is 11.4 Å². The summed E-state index contributed by atoms with van der Waals surface area (Å²) >= 11 is 3.35. The van der Waals surface area contributed by atoms with Crippen molar-refractivity contribution in [2.24, 2.45) is 0 Å². The monoisotopic (exact) mass is 276 g/mol. The summed E-state index contributed by atoms with van der Waals surface area (Å²) < 4.78 is 5.90. The summed E-state index contributed by atoms with van der Waals surface area (Å²) in [5.41, 5.74) is 4.16. The Bertz CT molecular complexity index is 654. The quantitative estimate of drug-likeness (QED) is 0.733. The van der Waals surface area contributed by atoms with Crippen LogP contribution in [0.5, 0.6) is 0 Å². The van der Waals surface area contributed by atoms with Crippen LogP contribution >= 0.6 is 15.9 Å². The molecule has 80 valence electrons. The number of aromatic amines is 1. The van der Waals surface area contributed by atoms with Crippen LogP contribution in [-0.4, -0.2) is 9.97 Å². The van der Waals surface area contributed by atoms with Crippen LogP contribution in [0.15, 0.2) is 39.6 Å². The van der Waals surface area contributed by atoms with E-state index < -0.39 is 0 Å². The molecular formula is C12H9BrN2O. The molecule has 0 saturated carbocycles. The number of fused-ring (bicyclic) bond motifs is 1. The lowest BCUT2D eigenvalue weighted by atomic mass is 10.2. The van der Waals surface area contributed by atoms with Gasteiger partial charge in [-0.1, -0.05) is 12.1 Å². The van der Waals surface area contributed by atoms with Crippen LogP contribution in [-0.2, 0) is 0 Å². The second kappa shape index (κ2) is 3.49. The summed E-state index contributed by atoms with van der Waals surface area (Å²) in [5.74, 6) is 0.824. The normalized spacial score (nSPS) is 11.1. The number of imidazole rings is 1. The second-order valence-electron chi connectivity index (χ2n) is 3.66. The molecule has 0 aliphatic heterocycles. The molecule has 0 spiro atoms. The smallest absolute Gasteiger partial charge is 0.179 e. The molecule has 0 aliphatic rings. The molecule has 2 heterocycles. The third kappa shape index (κ3) is 1.38. The summed E-state index contributed by atoms with van der Waals surface area (Å²) in [5, 5.41) is 0. The first-order valence-electron chi connectivity index (χ1n) is 4.94. The van der Waals surface area contributed by atoms with Crippen LogP contribution in [0.4, 0.5) is 0 Å². The zero-order valence-corrected chi connectivity index (χ0v) is 10.2. The number of halogens is 1. The Hall–Kier alpha value is -1.55. The first-order valence-corrected chi connectivity index (χ1v) is 5.74. The minimum absolute atomic E-state index is 0.698. The Morgan fingerprint density at radius 2 is 2.19 bits per heavy atom. The molecule has 0 radical (unpaired) electrons. The molecule has 3 nitrogen and oxygen atoms in total. The molecule has 0 saturated heterocycles. The van der Waals surface area contributed by atoms with Crippen LogP contribution < -0.4 is 0 Å². The molecule has 1 N–H and O–H groups in total. The lowest BCUT2D eigenvalue weighted by molar-refractivity contribution is 0.542. The number of aromatic nitrogens is 2. The van der Waals surface area contributed by atoms with Crippen molar-refractivity contribution in [2.75, 3.05) is 0 Å². The Balaban J connectivity index is 2.27. The van der Waals surface area contributed by atoms with Gasteiger partial charge < -0.3 is 9.40 Å². The van der Waals surface area contributed by atoms with E-state index in [1.54, 1.807) is 6.26 Å². The van der Waals surface area contributed by atoms with Crippen LogP contribution in [0.3, 0.4) is 0 Å². The molecule has 0 fully saturated rings. The Morgan fingerprint density at radius 1 is 1.31 bits per heavy atom. The molecule has 0 unspecified atom stereocenters. The predicted octanol–water partition coefficient (Wildman–Crippen LogP) is 3.89. The van der Waals surface area contributed by atoms with E-state index in [0.717, 1.165) is 22.4 Å². The van der Waals surface area contributed by atoms with E-state index in [1.807, 2.05) is 18.2 Å². The maximum Gasteiger partial charge on any atom is 0.179 e. The van der Waals surface area contributed by atoms with Gasteiger partial charge in [0.05, 0.1) is 22.9 Å². The van der Waals surface area contributed by atoms with Crippen molar-refractivity contribution in [3.05, 3.63) is 40.8 Å². The van der Waals surface area contributed by atoms with Crippen molar-refractivity contribution in [2.45, 2.75) is 6.92 Å². The molecule has 0 aliphatic carbocycles. The Labute approximate surface area is 101 Å². The second-order valence-corrected chi connectivity index (χ2v) is 4.38. The number of hydrogen-bond donors (Lipinski definition) is 1. The summed E-state index contributed by atoms with van der Waals surface area (Å²) in [6, 6.07) is 7.98. The van der Waals surface area contributed by atoms with E-state index in [9.17, 15) is 0 Å². The highest BCUT2D eigenvalue weighted by Crippen LogP contribution is 2.29. The van der Waals surface area contributed by atoms with E-state index in [2.05, 4.69) is 38.9 Å². The first kappa shape index (κ1) is 9.66. The maximum atomic E-state index is 5.20. The van der Waals surface area contributed by atoms with Crippen molar-refractivity contribution in [3.63, 3.8) is 0 Å². The van der Waals surface area contributed by atoms with Gasteiger partial charge in [0.2, 0.25) is 0 Å². The molecular weight excluding hydrogens is 268 g/mol. The number of nitrogens with one attached hydrogen (secondary N) is 1. The average molecular weight is 277 g/mol. The van der Waals surface area contributed by atoms with E-state index in [-0.39, 0.29) is 0 Å². The van der Waals surface area contributed by atoms with Gasteiger partial charge in [-0.25, -0.2) is 4.98 Å². The van der Waals surface area contributed by atoms with Gasteiger partial charge >= 0.3 is 0 Å². The third-order valence-electron chi connectivity index (χ3n) is 2.59. The number of hydrogen-bond acceptors (Lipinski definition) is 2. The number of H-pyrrole nitrogens is 1. The van der Waals surface area contributed by atoms with Gasteiger partial charge in [0.25, 0.3) is 0 Å². The topological polar surface area (TPSA) is 41.8 Å². The number of furan rings is 1. The number of nitrogens with zero attached hydrogens (tertiary/aromatic N) is 1. The van der Waals surface area contributed by atoms with Gasteiger partial charge in [0.15, 0.2) is 4.67 Å². The van der Waals surface area contributed by atoms with Crippen LogP contribution in [0.1, 0.15) is 5.56 Å². The van der Waals surface area contributed by atoms with Crippen LogP contribution in [0, 0.1) is 6.92 Å². The van der Waals surface area contributed by atoms with Gasteiger partial charge in [-0.15, -0.1) is 0 Å². The molecule has 3 aromatic rings. The lowest BCUT2D eigenvalue weighted by Crippen LogP contribution is -1.77. The molecule has 2 aromatic heterocycles. The third-order valence-corrected chi connectivity index (χ3v) is 3.20. The Kier molecular flexibility index (Phi) is 2.11. The maximum absolute atomic E-state index is 5.20. The van der Waals surface area contributed by atoms with Crippen molar-refractivity contribution in [1.29, 1.82) is 0 Å². The summed E-state index contributed by atoms with van der Waals surface area (Å²) in [4.78, 5) is 7.85. The molecule has 1 aromatic carbocycles. The molecule has 16 heavy (non-hydrogen) atoms. The van der Waals surface area contributed by atoms with Crippen molar-refractivity contribution < 1.29 is 4.42 Å². The number of aryl methyl sites for hydroxylation is 1. The average Bonchev–Trinajstić information content (AvgIpc) is 2.84. The Morgan fingerprint density at radius 3 is 2.88 bits per heavy atom. The summed E-state index contributed by atoms with van der Waals surface area (Å²) in [6.07, 6.45) is 1.64. The first-order chi connectivity index (χ1) is 7.75. The standard InChI is InChI=1S/C12H9BrN2O/c1-7-3-2-4-9-10(7)15-12(14-9)8-5-6-16-11(8)13/h2-6H,1H3,(H,14,15).